The fraction of sp³-hybridized carbons (Fsp3) is 0.421. The number of amides is 1. The van der Waals surface area contributed by atoms with Crippen LogP contribution in [-0.2, 0) is 4.74 Å². The van der Waals surface area contributed by atoms with Crippen LogP contribution in [-0.4, -0.2) is 53.2 Å². The van der Waals surface area contributed by atoms with E-state index in [4.69, 9.17) is 9.47 Å². The number of ether oxygens (including phenoxy) is 2. The third kappa shape index (κ3) is 3.22. The standard InChI is InChI=1S/C19H21N3O3/c23-18(15-5-1-3-9-20-15)22-11-7-16-19(13-22,8-12-24-16)14-25-17-6-2-4-10-21-17/h1-6,9-10,16H,7-8,11-14H2/t16-,19+/m1/s1. The van der Waals surface area contributed by atoms with Gasteiger partial charge in [0.25, 0.3) is 5.91 Å². The van der Waals surface area contributed by atoms with Crippen molar-refractivity contribution in [1.29, 1.82) is 0 Å². The minimum absolute atomic E-state index is 0.0249. The average Bonchev–Trinajstić information content (AvgIpc) is 3.11. The van der Waals surface area contributed by atoms with E-state index in [0.717, 1.165) is 12.8 Å². The number of fused-ring (bicyclic) bond motifs is 1. The zero-order chi connectivity index (χ0) is 17.1. The minimum Gasteiger partial charge on any atom is -0.477 e. The van der Waals surface area contributed by atoms with Gasteiger partial charge < -0.3 is 14.4 Å². The molecule has 0 radical (unpaired) electrons. The number of likely N-dealkylation sites (tertiary alicyclic amines) is 1. The molecule has 0 N–H and O–H groups in total. The molecule has 2 fully saturated rings. The molecule has 2 aromatic rings. The number of carbonyl (C=O) groups excluding carboxylic acids is 1. The van der Waals surface area contributed by atoms with E-state index in [1.807, 2.05) is 35.2 Å². The Kier molecular flexibility index (Phi) is 4.36. The van der Waals surface area contributed by atoms with E-state index in [2.05, 4.69) is 9.97 Å². The summed E-state index contributed by atoms with van der Waals surface area (Å²) in [6.45, 7) is 2.52. The van der Waals surface area contributed by atoms with Crippen molar-refractivity contribution in [2.24, 2.45) is 5.41 Å². The Labute approximate surface area is 146 Å². The summed E-state index contributed by atoms with van der Waals surface area (Å²) in [4.78, 5) is 23.1. The van der Waals surface area contributed by atoms with Gasteiger partial charge in [0.15, 0.2) is 0 Å². The van der Waals surface area contributed by atoms with Crippen LogP contribution in [0.4, 0.5) is 0 Å². The summed E-state index contributed by atoms with van der Waals surface area (Å²) in [7, 11) is 0. The number of pyridine rings is 2. The van der Waals surface area contributed by atoms with Crippen LogP contribution in [0.25, 0.3) is 0 Å². The van der Waals surface area contributed by atoms with Gasteiger partial charge in [-0.1, -0.05) is 12.1 Å². The van der Waals surface area contributed by atoms with Crippen LogP contribution in [0.5, 0.6) is 5.88 Å². The highest BCUT2D eigenvalue weighted by atomic mass is 16.5. The van der Waals surface area contributed by atoms with E-state index in [1.54, 1.807) is 18.5 Å². The number of piperidine rings is 1. The van der Waals surface area contributed by atoms with Crippen molar-refractivity contribution in [3.8, 4) is 5.88 Å². The number of hydrogen-bond donors (Lipinski definition) is 0. The summed E-state index contributed by atoms with van der Waals surface area (Å²) in [6.07, 6.45) is 5.20. The first kappa shape index (κ1) is 16.0. The predicted octanol–water partition coefficient (Wildman–Crippen LogP) is 2.18. The maximum Gasteiger partial charge on any atom is 0.272 e. The first-order valence-corrected chi connectivity index (χ1v) is 8.63. The Morgan fingerprint density at radius 3 is 2.84 bits per heavy atom. The molecule has 4 heterocycles. The van der Waals surface area contributed by atoms with Crippen molar-refractivity contribution in [2.75, 3.05) is 26.3 Å². The van der Waals surface area contributed by atoms with Gasteiger partial charge in [0, 0.05) is 38.2 Å². The molecule has 6 nitrogen and oxygen atoms in total. The lowest BCUT2D eigenvalue weighted by Crippen LogP contribution is -2.54. The lowest BCUT2D eigenvalue weighted by atomic mass is 9.77. The summed E-state index contributed by atoms with van der Waals surface area (Å²) in [5.74, 6) is 0.582. The second-order valence-corrected chi connectivity index (χ2v) is 6.66. The molecule has 0 bridgehead atoms. The molecule has 2 saturated heterocycles. The Bertz CT molecular complexity index is 725. The molecule has 4 rings (SSSR count). The van der Waals surface area contributed by atoms with Crippen LogP contribution in [0.3, 0.4) is 0 Å². The normalized spacial score (nSPS) is 25.4. The number of carbonyl (C=O) groups is 1. The quantitative estimate of drug-likeness (QED) is 0.854. The Balaban J connectivity index is 1.50. The topological polar surface area (TPSA) is 64.6 Å². The van der Waals surface area contributed by atoms with Gasteiger partial charge in [-0.05, 0) is 31.0 Å². The second-order valence-electron chi connectivity index (χ2n) is 6.66. The maximum atomic E-state index is 12.8. The van der Waals surface area contributed by atoms with Crippen molar-refractivity contribution in [1.82, 2.24) is 14.9 Å². The maximum absolute atomic E-state index is 12.8. The Morgan fingerprint density at radius 1 is 1.24 bits per heavy atom. The zero-order valence-corrected chi connectivity index (χ0v) is 14.0. The van der Waals surface area contributed by atoms with E-state index < -0.39 is 0 Å². The molecule has 2 aliphatic rings. The largest absolute Gasteiger partial charge is 0.477 e. The fourth-order valence-electron chi connectivity index (χ4n) is 3.73. The molecule has 25 heavy (non-hydrogen) atoms. The first-order chi connectivity index (χ1) is 12.3. The van der Waals surface area contributed by atoms with Crippen LogP contribution in [0.15, 0.2) is 48.8 Å². The first-order valence-electron chi connectivity index (χ1n) is 8.63. The summed E-state index contributed by atoms with van der Waals surface area (Å²) in [5.41, 5.74) is 0.306. The third-order valence-electron chi connectivity index (χ3n) is 5.09. The number of aromatic nitrogens is 2. The fourth-order valence-corrected chi connectivity index (χ4v) is 3.73. The monoisotopic (exact) mass is 339 g/mol. The van der Waals surface area contributed by atoms with Crippen molar-refractivity contribution in [3.63, 3.8) is 0 Å². The highest BCUT2D eigenvalue weighted by molar-refractivity contribution is 5.92. The second kappa shape index (κ2) is 6.80. The average molecular weight is 339 g/mol. The van der Waals surface area contributed by atoms with Crippen LogP contribution < -0.4 is 4.74 Å². The van der Waals surface area contributed by atoms with Gasteiger partial charge in [-0.15, -0.1) is 0 Å². The predicted molar refractivity (Wildman–Crippen MR) is 91.3 cm³/mol. The summed E-state index contributed by atoms with van der Waals surface area (Å²) < 4.78 is 11.9. The summed E-state index contributed by atoms with van der Waals surface area (Å²) >= 11 is 0. The molecule has 2 aliphatic heterocycles. The van der Waals surface area contributed by atoms with Gasteiger partial charge in [-0.25, -0.2) is 4.98 Å². The molecule has 6 heteroatoms. The van der Waals surface area contributed by atoms with E-state index in [0.29, 0.717) is 37.9 Å². The number of nitrogens with zero attached hydrogens (tertiary/aromatic N) is 3. The van der Waals surface area contributed by atoms with Crippen molar-refractivity contribution < 1.29 is 14.3 Å². The van der Waals surface area contributed by atoms with Gasteiger partial charge >= 0.3 is 0 Å². The molecule has 2 aromatic heterocycles. The highest BCUT2D eigenvalue weighted by Crippen LogP contribution is 2.41. The highest BCUT2D eigenvalue weighted by Gasteiger charge is 2.49. The molecule has 0 spiro atoms. The van der Waals surface area contributed by atoms with Crippen molar-refractivity contribution in [3.05, 3.63) is 54.5 Å². The Hall–Kier alpha value is -2.47. The van der Waals surface area contributed by atoms with Gasteiger partial charge in [0.05, 0.1) is 18.1 Å². The molecule has 1 amide bonds. The minimum atomic E-state index is -0.180. The lowest BCUT2D eigenvalue weighted by Gasteiger charge is -2.43. The molecule has 0 saturated carbocycles. The number of rotatable bonds is 4. The SMILES string of the molecule is O=C(c1ccccn1)N1CC[C@H]2OCC[C@@]2(COc2ccccn2)C1. The summed E-state index contributed by atoms with van der Waals surface area (Å²) in [6, 6.07) is 11.0. The van der Waals surface area contributed by atoms with E-state index in [1.165, 1.54) is 0 Å². The van der Waals surface area contributed by atoms with Crippen LogP contribution in [0, 0.1) is 5.41 Å². The molecule has 0 unspecified atom stereocenters. The van der Waals surface area contributed by atoms with Gasteiger partial charge in [-0.3, -0.25) is 9.78 Å². The van der Waals surface area contributed by atoms with E-state index in [9.17, 15) is 4.79 Å². The van der Waals surface area contributed by atoms with Gasteiger partial charge in [-0.2, -0.15) is 0 Å². The molecule has 2 atom stereocenters. The van der Waals surface area contributed by atoms with Crippen LogP contribution in [0.1, 0.15) is 23.3 Å². The van der Waals surface area contributed by atoms with E-state index in [-0.39, 0.29) is 17.4 Å². The molecular weight excluding hydrogens is 318 g/mol. The van der Waals surface area contributed by atoms with Crippen LogP contribution >= 0.6 is 0 Å². The molecular formula is C19H21N3O3. The van der Waals surface area contributed by atoms with Crippen LogP contribution in [0.2, 0.25) is 0 Å². The molecule has 0 aliphatic carbocycles. The summed E-state index contributed by atoms with van der Waals surface area (Å²) in [5, 5.41) is 0. The van der Waals surface area contributed by atoms with Crippen molar-refractivity contribution >= 4 is 5.91 Å². The molecule has 0 aromatic carbocycles. The van der Waals surface area contributed by atoms with Crippen molar-refractivity contribution in [2.45, 2.75) is 18.9 Å². The Morgan fingerprint density at radius 2 is 2.08 bits per heavy atom. The third-order valence-corrected chi connectivity index (χ3v) is 5.09. The van der Waals surface area contributed by atoms with Gasteiger partial charge in [0.1, 0.15) is 5.69 Å². The van der Waals surface area contributed by atoms with E-state index >= 15 is 0 Å². The zero-order valence-electron chi connectivity index (χ0n) is 14.0. The lowest BCUT2D eigenvalue weighted by molar-refractivity contribution is -0.0333. The number of hydrogen-bond acceptors (Lipinski definition) is 5. The smallest absolute Gasteiger partial charge is 0.272 e. The molecule has 130 valence electrons. The van der Waals surface area contributed by atoms with Gasteiger partial charge in [0.2, 0.25) is 5.88 Å².